The highest BCUT2D eigenvalue weighted by atomic mass is 32.2. The topological polar surface area (TPSA) is 112 Å². The van der Waals surface area contributed by atoms with Gasteiger partial charge in [-0.2, -0.15) is 0 Å². The van der Waals surface area contributed by atoms with Crippen LogP contribution in [-0.4, -0.2) is 31.0 Å². The molecular formula is C18H17N3O5S. The van der Waals surface area contributed by atoms with E-state index in [2.05, 4.69) is 9.97 Å². The van der Waals surface area contributed by atoms with E-state index >= 15 is 0 Å². The normalized spacial score (nSPS) is 16.8. The third-order valence-electron chi connectivity index (χ3n) is 4.47. The summed E-state index contributed by atoms with van der Waals surface area (Å²) in [5, 5.41) is 0. The van der Waals surface area contributed by atoms with Gasteiger partial charge in [-0.05, 0) is 43.7 Å². The zero-order valence-corrected chi connectivity index (χ0v) is 15.5. The largest absolute Gasteiger partial charge is 0.487 e. The van der Waals surface area contributed by atoms with E-state index in [1.807, 2.05) is 0 Å². The lowest BCUT2D eigenvalue weighted by atomic mass is 10.2. The van der Waals surface area contributed by atoms with Crippen molar-refractivity contribution in [1.82, 2.24) is 9.97 Å². The molecule has 2 aromatic carbocycles. The van der Waals surface area contributed by atoms with Gasteiger partial charge < -0.3 is 14.7 Å². The molecule has 1 aliphatic rings. The number of rotatable bonds is 2. The molecule has 0 spiro atoms. The third-order valence-corrected chi connectivity index (χ3v) is 6.39. The van der Waals surface area contributed by atoms with Crippen LogP contribution in [0.4, 0.5) is 5.69 Å². The standard InChI is InChI=1S/C18H17N3O5S/c1-10-7-12-13(20-18(23)17(22)19-12)8-16(10)27(24,25)21-9-11(2)26-15-6-4-3-5-14(15)21/h3-8,11H,9H2,1-2H3,(H,19,22)(H,20,23). The van der Waals surface area contributed by atoms with Crippen molar-refractivity contribution >= 4 is 26.7 Å². The molecule has 1 aliphatic heterocycles. The van der Waals surface area contributed by atoms with Crippen LogP contribution in [0.2, 0.25) is 0 Å². The second-order valence-electron chi connectivity index (χ2n) is 6.50. The molecule has 27 heavy (non-hydrogen) atoms. The molecule has 0 fully saturated rings. The van der Waals surface area contributed by atoms with Crippen LogP contribution in [-0.2, 0) is 10.0 Å². The number of nitrogens with one attached hydrogen (secondary N) is 2. The molecule has 140 valence electrons. The van der Waals surface area contributed by atoms with Crippen molar-refractivity contribution in [1.29, 1.82) is 0 Å². The molecule has 1 atom stereocenters. The van der Waals surface area contributed by atoms with E-state index in [0.717, 1.165) is 0 Å². The van der Waals surface area contributed by atoms with Crippen LogP contribution < -0.4 is 20.2 Å². The lowest BCUT2D eigenvalue weighted by molar-refractivity contribution is 0.219. The Morgan fingerprint density at radius 3 is 2.41 bits per heavy atom. The van der Waals surface area contributed by atoms with Crippen molar-refractivity contribution in [2.24, 2.45) is 0 Å². The number of benzene rings is 2. The Bertz CT molecular complexity index is 1280. The molecule has 0 amide bonds. The maximum absolute atomic E-state index is 13.4. The maximum atomic E-state index is 13.4. The summed E-state index contributed by atoms with van der Waals surface area (Å²) < 4.78 is 33.9. The fourth-order valence-electron chi connectivity index (χ4n) is 3.23. The highest BCUT2D eigenvalue weighted by molar-refractivity contribution is 7.93. The Hall–Kier alpha value is -3.07. The number of para-hydroxylation sites is 2. The van der Waals surface area contributed by atoms with Gasteiger partial charge in [0.05, 0.1) is 28.2 Å². The highest BCUT2D eigenvalue weighted by Crippen LogP contribution is 2.37. The molecule has 0 aliphatic carbocycles. The Labute approximate surface area is 154 Å². The molecular weight excluding hydrogens is 370 g/mol. The summed E-state index contributed by atoms with van der Waals surface area (Å²) in [5.74, 6) is 0.496. The van der Waals surface area contributed by atoms with Gasteiger partial charge in [-0.3, -0.25) is 13.9 Å². The quantitative estimate of drug-likeness (QED) is 0.647. The van der Waals surface area contributed by atoms with Crippen molar-refractivity contribution in [3.05, 3.63) is 62.7 Å². The molecule has 1 aromatic heterocycles. The average Bonchev–Trinajstić information content (AvgIpc) is 2.61. The van der Waals surface area contributed by atoms with Gasteiger partial charge in [-0.1, -0.05) is 12.1 Å². The number of aryl methyl sites for hydroxylation is 1. The minimum atomic E-state index is -3.91. The van der Waals surface area contributed by atoms with Crippen LogP contribution in [0.3, 0.4) is 0 Å². The predicted octanol–water partition coefficient (Wildman–Crippen LogP) is 1.50. The molecule has 0 bridgehead atoms. The van der Waals surface area contributed by atoms with Gasteiger partial charge in [0.1, 0.15) is 11.9 Å². The van der Waals surface area contributed by atoms with Gasteiger partial charge in [0.25, 0.3) is 10.0 Å². The Morgan fingerprint density at radius 1 is 1.07 bits per heavy atom. The summed E-state index contributed by atoms with van der Waals surface area (Å²) in [6, 6.07) is 9.85. The maximum Gasteiger partial charge on any atom is 0.314 e. The lowest BCUT2D eigenvalue weighted by Gasteiger charge is -2.34. The van der Waals surface area contributed by atoms with Crippen molar-refractivity contribution in [2.75, 3.05) is 10.8 Å². The van der Waals surface area contributed by atoms with Crippen LogP contribution >= 0.6 is 0 Å². The Balaban J connectivity index is 1.92. The molecule has 9 heteroatoms. The third kappa shape index (κ3) is 2.80. The minimum Gasteiger partial charge on any atom is -0.487 e. The number of nitrogens with zero attached hydrogens (tertiary/aromatic N) is 1. The first kappa shape index (κ1) is 17.3. The first-order valence-corrected chi connectivity index (χ1v) is 9.77. The zero-order chi connectivity index (χ0) is 19.3. The first-order chi connectivity index (χ1) is 12.8. The average molecular weight is 387 g/mol. The van der Waals surface area contributed by atoms with Crippen LogP contribution in [0.25, 0.3) is 11.0 Å². The van der Waals surface area contributed by atoms with E-state index in [1.165, 1.54) is 16.4 Å². The summed E-state index contributed by atoms with van der Waals surface area (Å²) >= 11 is 0. The second-order valence-corrected chi connectivity index (χ2v) is 8.33. The van der Waals surface area contributed by atoms with Crippen molar-refractivity contribution in [3.63, 3.8) is 0 Å². The molecule has 2 heterocycles. The SMILES string of the molecule is Cc1cc2[nH]c(=O)c(=O)[nH]c2cc1S(=O)(=O)N1CC(C)Oc2ccccc21. The lowest BCUT2D eigenvalue weighted by Crippen LogP contribution is -2.42. The van der Waals surface area contributed by atoms with Crippen molar-refractivity contribution in [2.45, 2.75) is 24.8 Å². The number of aromatic amines is 2. The number of aromatic nitrogens is 2. The van der Waals surface area contributed by atoms with Crippen molar-refractivity contribution in [3.8, 4) is 5.75 Å². The summed E-state index contributed by atoms with van der Waals surface area (Å²) in [6.07, 6.45) is -0.313. The summed E-state index contributed by atoms with van der Waals surface area (Å²) in [6.45, 7) is 3.61. The highest BCUT2D eigenvalue weighted by Gasteiger charge is 2.33. The van der Waals surface area contributed by atoms with Gasteiger partial charge in [0.2, 0.25) is 0 Å². The van der Waals surface area contributed by atoms with E-state index in [4.69, 9.17) is 4.74 Å². The number of ether oxygens (including phenoxy) is 1. The molecule has 8 nitrogen and oxygen atoms in total. The Kier molecular flexibility index (Phi) is 3.84. The fourth-order valence-corrected chi connectivity index (χ4v) is 5.01. The zero-order valence-electron chi connectivity index (χ0n) is 14.6. The van der Waals surface area contributed by atoms with E-state index in [9.17, 15) is 18.0 Å². The van der Waals surface area contributed by atoms with E-state index in [1.54, 1.807) is 38.1 Å². The number of hydrogen-bond donors (Lipinski definition) is 2. The van der Waals surface area contributed by atoms with Crippen LogP contribution in [0.1, 0.15) is 12.5 Å². The van der Waals surface area contributed by atoms with E-state index in [0.29, 0.717) is 22.5 Å². The van der Waals surface area contributed by atoms with Crippen LogP contribution in [0.5, 0.6) is 5.75 Å². The van der Waals surface area contributed by atoms with E-state index in [-0.39, 0.29) is 23.1 Å². The number of H-pyrrole nitrogens is 2. The number of anilines is 1. The number of hydrogen-bond acceptors (Lipinski definition) is 5. The molecule has 3 aromatic rings. The molecule has 0 saturated heterocycles. The van der Waals surface area contributed by atoms with Crippen LogP contribution in [0, 0.1) is 6.92 Å². The fraction of sp³-hybridized carbons (Fsp3) is 0.222. The van der Waals surface area contributed by atoms with Gasteiger partial charge >= 0.3 is 11.1 Å². The molecule has 0 radical (unpaired) electrons. The molecule has 4 rings (SSSR count). The first-order valence-electron chi connectivity index (χ1n) is 8.33. The monoisotopic (exact) mass is 387 g/mol. The molecule has 0 saturated carbocycles. The van der Waals surface area contributed by atoms with E-state index < -0.39 is 21.1 Å². The predicted molar refractivity (Wildman–Crippen MR) is 101 cm³/mol. The van der Waals surface area contributed by atoms with Gasteiger partial charge in [0.15, 0.2) is 0 Å². The summed E-state index contributed by atoms with van der Waals surface area (Å²) in [7, 11) is -3.91. The van der Waals surface area contributed by atoms with Gasteiger partial charge in [-0.25, -0.2) is 8.42 Å². The summed E-state index contributed by atoms with van der Waals surface area (Å²) in [4.78, 5) is 28.0. The number of fused-ring (bicyclic) bond motifs is 2. The number of sulfonamides is 1. The van der Waals surface area contributed by atoms with Gasteiger partial charge in [-0.15, -0.1) is 0 Å². The molecule has 2 N–H and O–H groups in total. The second kappa shape index (κ2) is 5.98. The molecule has 1 unspecified atom stereocenters. The van der Waals surface area contributed by atoms with Gasteiger partial charge in [0, 0.05) is 0 Å². The van der Waals surface area contributed by atoms with Crippen molar-refractivity contribution < 1.29 is 13.2 Å². The smallest absolute Gasteiger partial charge is 0.314 e. The summed E-state index contributed by atoms with van der Waals surface area (Å²) in [5.41, 5.74) is -0.0782. The minimum absolute atomic E-state index is 0.0570. The van der Waals surface area contributed by atoms with Crippen LogP contribution in [0.15, 0.2) is 50.9 Å². The Morgan fingerprint density at radius 2 is 1.70 bits per heavy atom.